The van der Waals surface area contributed by atoms with Crippen molar-refractivity contribution in [1.29, 1.82) is 0 Å². The minimum absolute atomic E-state index is 0.188. The van der Waals surface area contributed by atoms with Crippen LogP contribution >= 0.6 is 23.5 Å². The monoisotopic (exact) mass is 242 g/mol. The Balaban J connectivity index is 2.72. The van der Waals surface area contributed by atoms with E-state index in [1.807, 2.05) is 24.3 Å². The number of anilines is 1. The first-order chi connectivity index (χ1) is 7.27. The molecule has 2 N–H and O–H groups in total. The molecule has 0 aliphatic heterocycles. The number of nitrogens with one attached hydrogen (secondary N) is 2. The van der Waals surface area contributed by atoms with E-state index < -0.39 is 0 Å². The van der Waals surface area contributed by atoms with Gasteiger partial charge in [0.2, 0.25) is 0 Å². The average molecular weight is 242 g/mol. The number of amides is 2. The molecule has 1 aromatic rings. The number of carbonyl (C=O) groups excluding carboxylic acids is 1. The summed E-state index contributed by atoms with van der Waals surface area (Å²) in [7, 11) is 1.60. The third kappa shape index (κ3) is 4.05. The van der Waals surface area contributed by atoms with Crippen molar-refractivity contribution in [2.24, 2.45) is 0 Å². The summed E-state index contributed by atoms with van der Waals surface area (Å²) in [6, 6.07) is 7.60. The SMILES string of the molecule is CNC(=O)Nc1ccccc1SCSC. The normalized spacial score (nSPS) is 9.73. The molecule has 0 saturated carbocycles. The van der Waals surface area contributed by atoms with E-state index in [-0.39, 0.29) is 6.03 Å². The van der Waals surface area contributed by atoms with Crippen LogP contribution in [0.2, 0.25) is 0 Å². The first-order valence-electron chi connectivity index (χ1n) is 4.47. The Kier molecular flexibility index (Phi) is 5.42. The first-order valence-corrected chi connectivity index (χ1v) is 6.85. The van der Waals surface area contributed by atoms with Crippen LogP contribution in [-0.2, 0) is 0 Å². The van der Waals surface area contributed by atoms with Crippen LogP contribution in [0.5, 0.6) is 0 Å². The van der Waals surface area contributed by atoms with Gasteiger partial charge in [0.25, 0.3) is 0 Å². The van der Waals surface area contributed by atoms with Crippen molar-refractivity contribution in [1.82, 2.24) is 5.32 Å². The van der Waals surface area contributed by atoms with Gasteiger partial charge < -0.3 is 10.6 Å². The Labute approximate surface area is 98.4 Å². The second-order valence-corrected chi connectivity index (χ2v) is 5.00. The van der Waals surface area contributed by atoms with E-state index >= 15 is 0 Å². The smallest absolute Gasteiger partial charge is 0.319 e. The molecule has 0 aliphatic rings. The van der Waals surface area contributed by atoms with Gasteiger partial charge >= 0.3 is 6.03 Å². The summed E-state index contributed by atoms with van der Waals surface area (Å²) < 4.78 is 0. The van der Waals surface area contributed by atoms with E-state index in [4.69, 9.17) is 0 Å². The van der Waals surface area contributed by atoms with Crippen molar-refractivity contribution in [3.05, 3.63) is 24.3 Å². The molecule has 2 amide bonds. The summed E-state index contributed by atoms with van der Waals surface area (Å²) in [4.78, 5) is 12.3. The van der Waals surface area contributed by atoms with Crippen molar-refractivity contribution >= 4 is 35.2 Å². The second-order valence-electron chi connectivity index (χ2n) is 2.75. The molecule has 15 heavy (non-hydrogen) atoms. The number of benzene rings is 1. The molecule has 5 heteroatoms. The summed E-state index contributed by atoms with van der Waals surface area (Å²) in [6.45, 7) is 0. The minimum atomic E-state index is -0.188. The molecule has 0 bridgehead atoms. The zero-order valence-corrected chi connectivity index (χ0v) is 10.4. The van der Waals surface area contributed by atoms with Gasteiger partial charge in [-0.05, 0) is 18.4 Å². The maximum Gasteiger partial charge on any atom is 0.319 e. The zero-order chi connectivity index (χ0) is 11.1. The third-order valence-corrected chi connectivity index (χ3v) is 3.78. The van der Waals surface area contributed by atoms with Crippen molar-refractivity contribution in [3.8, 4) is 0 Å². The maximum atomic E-state index is 11.2. The van der Waals surface area contributed by atoms with E-state index in [2.05, 4.69) is 16.9 Å². The van der Waals surface area contributed by atoms with Gasteiger partial charge in [-0.1, -0.05) is 12.1 Å². The molecular weight excluding hydrogens is 228 g/mol. The highest BCUT2D eigenvalue weighted by Crippen LogP contribution is 2.28. The predicted molar refractivity (Wildman–Crippen MR) is 68.8 cm³/mol. The van der Waals surface area contributed by atoms with Crippen molar-refractivity contribution in [2.45, 2.75) is 4.90 Å². The highest BCUT2D eigenvalue weighted by atomic mass is 32.2. The molecule has 0 radical (unpaired) electrons. The van der Waals surface area contributed by atoms with E-state index in [0.717, 1.165) is 15.7 Å². The Morgan fingerprint density at radius 3 is 2.80 bits per heavy atom. The fourth-order valence-electron chi connectivity index (χ4n) is 1.00. The summed E-state index contributed by atoms with van der Waals surface area (Å²) >= 11 is 3.48. The minimum Gasteiger partial charge on any atom is -0.341 e. The number of urea groups is 1. The molecule has 0 saturated heterocycles. The van der Waals surface area contributed by atoms with E-state index in [9.17, 15) is 4.79 Å². The van der Waals surface area contributed by atoms with Crippen LogP contribution in [0.1, 0.15) is 0 Å². The van der Waals surface area contributed by atoms with E-state index in [1.165, 1.54) is 0 Å². The predicted octanol–water partition coefficient (Wildman–Crippen LogP) is 2.85. The summed E-state index contributed by atoms with van der Waals surface area (Å²) in [5, 5.41) is 6.30. The number of para-hydroxylation sites is 1. The lowest BCUT2D eigenvalue weighted by molar-refractivity contribution is 0.254. The molecule has 1 rings (SSSR count). The van der Waals surface area contributed by atoms with Gasteiger partial charge in [-0.3, -0.25) is 0 Å². The number of rotatable bonds is 4. The standard InChI is InChI=1S/C10H14N2OS2/c1-11-10(13)12-8-5-3-4-6-9(8)15-7-14-2/h3-6H,7H2,1-2H3,(H2,11,12,13). The number of carbonyl (C=O) groups is 1. The molecule has 0 aliphatic carbocycles. The van der Waals surface area contributed by atoms with Crippen molar-refractivity contribution < 1.29 is 4.79 Å². The van der Waals surface area contributed by atoms with Gasteiger partial charge in [-0.15, -0.1) is 11.8 Å². The Morgan fingerprint density at radius 1 is 1.40 bits per heavy atom. The summed E-state index contributed by atoms with van der Waals surface area (Å²) in [6.07, 6.45) is 2.06. The molecule has 1 aromatic carbocycles. The summed E-state index contributed by atoms with van der Waals surface area (Å²) in [5.74, 6) is 0. The van der Waals surface area contributed by atoms with Gasteiger partial charge in [-0.25, -0.2) is 4.79 Å². The van der Waals surface area contributed by atoms with Crippen molar-refractivity contribution in [2.75, 3.05) is 23.7 Å². The largest absolute Gasteiger partial charge is 0.341 e. The Bertz CT molecular complexity index is 331. The Hall–Kier alpha value is -0.810. The molecule has 0 fully saturated rings. The lowest BCUT2D eigenvalue weighted by Crippen LogP contribution is -2.24. The molecule has 82 valence electrons. The quantitative estimate of drug-likeness (QED) is 0.630. The van der Waals surface area contributed by atoms with Crippen LogP contribution in [0.25, 0.3) is 0 Å². The lowest BCUT2D eigenvalue weighted by atomic mass is 10.3. The maximum absolute atomic E-state index is 11.2. The molecule has 0 spiro atoms. The van der Waals surface area contributed by atoms with Gasteiger partial charge in [-0.2, -0.15) is 11.8 Å². The molecule has 0 unspecified atom stereocenters. The second kappa shape index (κ2) is 6.63. The molecule has 0 atom stereocenters. The third-order valence-electron chi connectivity index (χ3n) is 1.69. The lowest BCUT2D eigenvalue weighted by Gasteiger charge is -2.09. The van der Waals surface area contributed by atoms with Crippen LogP contribution in [-0.4, -0.2) is 24.4 Å². The van der Waals surface area contributed by atoms with Crippen LogP contribution in [0.15, 0.2) is 29.2 Å². The van der Waals surface area contributed by atoms with Crippen LogP contribution in [0.3, 0.4) is 0 Å². The zero-order valence-electron chi connectivity index (χ0n) is 8.74. The van der Waals surface area contributed by atoms with E-state index in [1.54, 1.807) is 30.6 Å². The molecule has 0 aromatic heterocycles. The highest BCUT2D eigenvalue weighted by molar-refractivity contribution is 8.15. The molecule has 0 heterocycles. The highest BCUT2D eigenvalue weighted by Gasteiger charge is 2.04. The topological polar surface area (TPSA) is 41.1 Å². The van der Waals surface area contributed by atoms with Gasteiger partial charge in [0.1, 0.15) is 0 Å². The molecule has 3 nitrogen and oxygen atoms in total. The van der Waals surface area contributed by atoms with Crippen LogP contribution in [0, 0.1) is 0 Å². The van der Waals surface area contributed by atoms with Gasteiger partial charge in [0.05, 0.1) is 5.69 Å². The fourth-order valence-corrected chi connectivity index (χ4v) is 2.43. The van der Waals surface area contributed by atoms with Crippen LogP contribution < -0.4 is 10.6 Å². The Morgan fingerprint density at radius 2 is 2.13 bits per heavy atom. The van der Waals surface area contributed by atoms with Gasteiger partial charge in [0.15, 0.2) is 0 Å². The number of hydrogen-bond acceptors (Lipinski definition) is 3. The summed E-state index contributed by atoms with van der Waals surface area (Å²) in [5.41, 5.74) is 0.857. The molecular formula is C10H14N2OS2. The number of hydrogen-bond donors (Lipinski definition) is 2. The van der Waals surface area contributed by atoms with Gasteiger partial charge in [0, 0.05) is 17.0 Å². The number of thioether (sulfide) groups is 2. The van der Waals surface area contributed by atoms with Crippen LogP contribution in [0.4, 0.5) is 10.5 Å². The van der Waals surface area contributed by atoms with E-state index in [0.29, 0.717) is 0 Å². The first kappa shape index (κ1) is 12.3. The fraction of sp³-hybridized carbons (Fsp3) is 0.300. The van der Waals surface area contributed by atoms with Crippen molar-refractivity contribution in [3.63, 3.8) is 0 Å². The average Bonchev–Trinajstić information content (AvgIpc) is 2.28.